The minimum atomic E-state index is -1.01. The lowest BCUT2D eigenvalue weighted by Gasteiger charge is -2.26. The lowest BCUT2D eigenvalue weighted by Crippen LogP contribution is -2.44. The van der Waals surface area contributed by atoms with Crippen LogP contribution < -0.4 is 5.32 Å². The average Bonchev–Trinajstić information content (AvgIpc) is 2.00. The number of hydrogen-bond acceptors (Lipinski definition) is 2. The summed E-state index contributed by atoms with van der Waals surface area (Å²) in [4.78, 5) is 22.0. The van der Waals surface area contributed by atoms with Crippen molar-refractivity contribution in [3.05, 3.63) is 0 Å². The van der Waals surface area contributed by atoms with Crippen LogP contribution in [-0.2, 0) is 9.59 Å². The van der Waals surface area contributed by atoms with Gasteiger partial charge in [-0.2, -0.15) is 0 Å². The van der Waals surface area contributed by atoms with Crippen LogP contribution in [0.4, 0.5) is 0 Å². The van der Waals surface area contributed by atoms with E-state index in [1.807, 2.05) is 20.8 Å². The molecule has 0 saturated carbocycles. The molecule has 0 radical (unpaired) electrons. The second kappa shape index (κ2) is 4.44. The van der Waals surface area contributed by atoms with E-state index in [1.165, 1.54) is 6.92 Å². The molecule has 2 atom stereocenters. The van der Waals surface area contributed by atoms with Crippen LogP contribution in [0.1, 0.15) is 34.6 Å². The van der Waals surface area contributed by atoms with Crippen LogP contribution in [0.25, 0.3) is 0 Å². The topological polar surface area (TPSA) is 66.4 Å². The van der Waals surface area contributed by atoms with E-state index in [2.05, 4.69) is 5.32 Å². The van der Waals surface area contributed by atoms with Crippen molar-refractivity contribution in [1.82, 2.24) is 5.32 Å². The average molecular weight is 201 g/mol. The quantitative estimate of drug-likeness (QED) is 0.722. The summed E-state index contributed by atoms with van der Waals surface area (Å²) in [5, 5.41) is 11.0. The lowest BCUT2D eigenvalue weighted by molar-refractivity contribution is -0.142. The van der Waals surface area contributed by atoms with E-state index in [0.29, 0.717) is 0 Å². The minimum absolute atomic E-state index is 0.150. The van der Waals surface area contributed by atoms with Gasteiger partial charge in [0.05, 0.1) is 0 Å². The van der Waals surface area contributed by atoms with Crippen molar-refractivity contribution < 1.29 is 14.7 Å². The summed E-state index contributed by atoms with van der Waals surface area (Å²) in [6.45, 7) is 9.09. The Morgan fingerprint density at radius 3 is 1.93 bits per heavy atom. The molecule has 4 nitrogen and oxygen atoms in total. The molecule has 0 bridgehead atoms. The first kappa shape index (κ1) is 12.9. The van der Waals surface area contributed by atoms with Crippen molar-refractivity contribution in [3.8, 4) is 0 Å². The van der Waals surface area contributed by atoms with Gasteiger partial charge in [-0.15, -0.1) is 0 Å². The van der Waals surface area contributed by atoms with E-state index in [4.69, 9.17) is 5.11 Å². The van der Waals surface area contributed by atoms with Gasteiger partial charge in [-0.3, -0.25) is 9.59 Å². The van der Waals surface area contributed by atoms with Crippen molar-refractivity contribution in [1.29, 1.82) is 0 Å². The van der Waals surface area contributed by atoms with Crippen molar-refractivity contribution in [3.63, 3.8) is 0 Å². The number of aliphatic carboxylic acids is 1. The molecule has 0 aliphatic heterocycles. The molecule has 0 fully saturated rings. The van der Waals surface area contributed by atoms with Gasteiger partial charge in [-0.05, 0) is 12.3 Å². The fourth-order valence-electron chi connectivity index (χ4n) is 0.793. The third kappa shape index (κ3) is 3.77. The fraction of sp³-hybridized carbons (Fsp3) is 0.800. The Hall–Kier alpha value is -1.06. The van der Waals surface area contributed by atoms with E-state index in [1.54, 1.807) is 6.92 Å². The van der Waals surface area contributed by atoms with Crippen LogP contribution in [0.15, 0.2) is 0 Å². The molecule has 0 aromatic heterocycles. The van der Waals surface area contributed by atoms with Crippen LogP contribution in [0.5, 0.6) is 0 Å². The maximum absolute atomic E-state index is 11.5. The lowest BCUT2D eigenvalue weighted by atomic mass is 9.81. The number of nitrogens with one attached hydrogen (secondary N) is 1. The minimum Gasteiger partial charge on any atom is -0.480 e. The van der Waals surface area contributed by atoms with Crippen molar-refractivity contribution in [2.45, 2.75) is 40.7 Å². The molecule has 82 valence electrons. The smallest absolute Gasteiger partial charge is 0.325 e. The van der Waals surface area contributed by atoms with Gasteiger partial charge in [0, 0.05) is 5.92 Å². The molecule has 0 spiro atoms. The largest absolute Gasteiger partial charge is 0.480 e. The molecule has 2 unspecified atom stereocenters. The molecule has 0 saturated heterocycles. The number of carboxylic acids is 1. The van der Waals surface area contributed by atoms with Crippen molar-refractivity contribution >= 4 is 11.9 Å². The summed E-state index contributed by atoms with van der Waals surface area (Å²) in [7, 11) is 0. The highest BCUT2D eigenvalue weighted by Crippen LogP contribution is 2.25. The second-order valence-electron chi connectivity index (χ2n) is 4.66. The Labute approximate surface area is 84.7 Å². The number of carbonyl (C=O) groups excluding carboxylic acids is 1. The highest BCUT2D eigenvalue weighted by atomic mass is 16.4. The molecule has 0 rings (SSSR count). The fourth-order valence-corrected chi connectivity index (χ4v) is 0.793. The number of hydrogen-bond donors (Lipinski definition) is 2. The van der Waals surface area contributed by atoms with E-state index in [0.717, 1.165) is 0 Å². The number of amides is 1. The van der Waals surface area contributed by atoms with Crippen LogP contribution in [0.2, 0.25) is 0 Å². The molecule has 0 heterocycles. The van der Waals surface area contributed by atoms with Gasteiger partial charge in [0.15, 0.2) is 0 Å². The summed E-state index contributed by atoms with van der Waals surface area (Å²) in [5.74, 6) is -1.43. The predicted octanol–water partition coefficient (Wildman–Crippen LogP) is 1.26. The molecular formula is C10H19NO3. The molecule has 0 aromatic carbocycles. The van der Waals surface area contributed by atoms with E-state index >= 15 is 0 Å². The van der Waals surface area contributed by atoms with Crippen LogP contribution in [-0.4, -0.2) is 23.0 Å². The zero-order valence-corrected chi connectivity index (χ0v) is 9.42. The van der Waals surface area contributed by atoms with Crippen molar-refractivity contribution in [2.24, 2.45) is 11.3 Å². The number of carbonyl (C=O) groups is 2. The molecule has 14 heavy (non-hydrogen) atoms. The SMILES string of the molecule is CC(NC(=O)C(C)C(C)(C)C)C(=O)O. The third-order valence-corrected chi connectivity index (χ3v) is 2.42. The van der Waals surface area contributed by atoms with Crippen LogP contribution in [0, 0.1) is 11.3 Å². The molecule has 1 amide bonds. The Morgan fingerprint density at radius 2 is 1.64 bits per heavy atom. The summed E-state index contributed by atoms with van der Waals surface area (Å²) >= 11 is 0. The van der Waals surface area contributed by atoms with Gasteiger partial charge in [0.25, 0.3) is 0 Å². The van der Waals surface area contributed by atoms with Crippen molar-refractivity contribution in [2.75, 3.05) is 0 Å². The Balaban J connectivity index is 4.29. The van der Waals surface area contributed by atoms with Gasteiger partial charge < -0.3 is 10.4 Å². The maximum Gasteiger partial charge on any atom is 0.325 e. The van der Waals surface area contributed by atoms with E-state index in [9.17, 15) is 9.59 Å². The summed E-state index contributed by atoms with van der Waals surface area (Å²) < 4.78 is 0. The highest BCUT2D eigenvalue weighted by Gasteiger charge is 2.28. The van der Waals surface area contributed by atoms with Gasteiger partial charge >= 0.3 is 5.97 Å². The Morgan fingerprint density at radius 1 is 1.21 bits per heavy atom. The summed E-state index contributed by atoms with van der Waals surface area (Å²) in [6.07, 6.45) is 0. The van der Waals surface area contributed by atoms with Gasteiger partial charge in [-0.25, -0.2) is 0 Å². The molecule has 2 N–H and O–H groups in total. The second-order valence-corrected chi connectivity index (χ2v) is 4.66. The first-order valence-corrected chi connectivity index (χ1v) is 4.69. The molecule has 4 heteroatoms. The van der Waals surface area contributed by atoms with E-state index in [-0.39, 0.29) is 17.2 Å². The maximum atomic E-state index is 11.5. The molecular weight excluding hydrogens is 182 g/mol. The first-order valence-electron chi connectivity index (χ1n) is 4.69. The number of carboxylic acid groups (broad SMARTS) is 1. The standard InChI is InChI=1S/C10H19NO3/c1-6(10(3,4)5)8(12)11-7(2)9(13)14/h6-7H,1-5H3,(H,11,12)(H,13,14). The van der Waals surface area contributed by atoms with E-state index < -0.39 is 12.0 Å². The zero-order valence-electron chi connectivity index (χ0n) is 9.42. The highest BCUT2D eigenvalue weighted by molar-refractivity contribution is 5.84. The summed E-state index contributed by atoms with van der Waals surface area (Å²) in [5.41, 5.74) is -0.150. The molecule has 0 aliphatic carbocycles. The monoisotopic (exact) mass is 201 g/mol. The molecule has 0 aliphatic rings. The predicted molar refractivity (Wildman–Crippen MR) is 53.9 cm³/mol. The summed E-state index contributed by atoms with van der Waals surface area (Å²) in [6, 6.07) is -0.827. The number of rotatable bonds is 3. The van der Waals surface area contributed by atoms with Crippen LogP contribution in [0.3, 0.4) is 0 Å². The first-order chi connectivity index (χ1) is 6.16. The van der Waals surface area contributed by atoms with Gasteiger partial charge in [0.2, 0.25) is 5.91 Å². The van der Waals surface area contributed by atoms with Gasteiger partial charge in [-0.1, -0.05) is 27.7 Å². The zero-order chi connectivity index (χ0) is 11.5. The van der Waals surface area contributed by atoms with Crippen LogP contribution >= 0.6 is 0 Å². The normalized spacial score (nSPS) is 15.8. The third-order valence-electron chi connectivity index (χ3n) is 2.42. The Kier molecular flexibility index (Phi) is 4.10. The van der Waals surface area contributed by atoms with Gasteiger partial charge in [0.1, 0.15) is 6.04 Å². The molecule has 0 aromatic rings. The Bertz CT molecular complexity index is 230.